The van der Waals surface area contributed by atoms with Gasteiger partial charge in [-0.2, -0.15) is 15.4 Å². The molecule has 2 rings (SSSR count). The standard InChI is InChI=1S/C11H11Cl2N3/c1-7(4-9-6-14-16-15-9)10-5-8(12)2-3-11(10)13/h2-3,5-7H,4H2,1H3,(H,14,15,16). The molecule has 0 fully saturated rings. The van der Waals surface area contributed by atoms with Crippen molar-refractivity contribution in [2.75, 3.05) is 0 Å². The molecule has 1 heterocycles. The fourth-order valence-corrected chi connectivity index (χ4v) is 2.12. The van der Waals surface area contributed by atoms with Crippen molar-refractivity contribution in [3.8, 4) is 0 Å². The minimum absolute atomic E-state index is 0.260. The first-order valence-electron chi connectivity index (χ1n) is 4.96. The van der Waals surface area contributed by atoms with Gasteiger partial charge in [0.05, 0.1) is 11.9 Å². The summed E-state index contributed by atoms with van der Waals surface area (Å²) < 4.78 is 0. The number of hydrogen-bond donors (Lipinski definition) is 1. The smallest absolute Gasteiger partial charge is 0.0830 e. The molecule has 84 valence electrons. The van der Waals surface area contributed by atoms with Crippen molar-refractivity contribution in [3.63, 3.8) is 0 Å². The van der Waals surface area contributed by atoms with E-state index in [4.69, 9.17) is 23.2 Å². The van der Waals surface area contributed by atoms with Gasteiger partial charge in [-0.1, -0.05) is 30.1 Å². The fraction of sp³-hybridized carbons (Fsp3) is 0.273. The fourth-order valence-electron chi connectivity index (χ4n) is 1.64. The second-order valence-electron chi connectivity index (χ2n) is 3.73. The predicted octanol–water partition coefficient (Wildman–Crippen LogP) is 3.46. The number of benzene rings is 1. The number of nitrogens with zero attached hydrogens (tertiary/aromatic N) is 2. The molecular formula is C11H11Cl2N3. The Morgan fingerprint density at radius 1 is 1.38 bits per heavy atom. The lowest BCUT2D eigenvalue weighted by atomic mass is 9.96. The predicted molar refractivity (Wildman–Crippen MR) is 65.0 cm³/mol. The molecule has 1 unspecified atom stereocenters. The van der Waals surface area contributed by atoms with Crippen molar-refractivity contribution in [2.45, 2.75) is 19.3 Å². The van der Waals surface area contributed by atoms with Crippen molar-refractivity contribution < 1.29 is 0 Å². The summed E-state index contributed by atoms with van der Waals surface area (Å²) in [7, 11) is 0. The third-order valence-electron chi connectivity index (χ3n) is 2.47. The highest BCUT2D eigenvalue weighted by molar-refractivity contribution is 6.33. The highest BCUT2D eigenvalue weighted by Gasteiger charge is 2.12. The van der Waals surface area contributed by atoms with Crippen molar-refractivity contribution in [3.05, 3.63) is 45.7 Å². The van der Waals surface area contributed by atoms with Crippen LogP contribution < -0.4 is 0 Å². The van der Waals surface area contributed by atoms with Crippen LogP contribution in [0.4, 0.5) is 0 Å². The summed E-state index contributed by atoms with van der Waals surface area (Å²) >= 11 is 12.1. The van der Waals surface area contributed by atoms with E-state index in [1.165, 1.54) is 0 Å². The Hall–Kier alpha value is -1.06. The summed E-state index contributed by atoms with van der Waals surface area (Å²) in [4.78, 5) is 0. The van der Waals surface area contributed by atoms with Gasteiger partial charge in [0.15, 0.2) is 0 Å². The van der Waals surface area contributed by atoms with E-state index >= 15 is 0 Å². The van der Waals surface area contributed by atoms with Crippen molar-refractivity contribution in [2.24, 2.45) is 0 Å². The van der Waals surface area contributed by atoms with Crippen molar-refractivity contribution in [1.29, 1.82) is 0 Å². The van der Waals surface area contributed by atoms with Gasteiger partial charge < -0.3 is 0 Å². The Bertz CT molecular complexity index is 468. The molecule has 0 amide bonds. The second kappa shape index (κ2) is 4.85. The number of hydrogen-bond acceptors (Lipinski definition) is 2. The number of aromatic amines is 1. The lowest BCUT2D eigenvalue weighted by molar-refractivity contribution is 0.736. The minimum atomic E-state index is 0.260. The Labute approximate surface area is 104 Å². The van der Waals surface area contributed by atoms with E-state index in [-0.39, 0.29) is 5.92 Å². The number of H-pyrrole nitrogens is 1. The molecule has 0 saturated carbocycles. The number of nitrogens with one attached hydrogen (secondary N) is 1. The van der Waals surface area contributed by atoms with Crippen LogP contribution in [0.3, 0.4) is 0 Å². The maximum absolute atomic E-state index is 6.13. The van der Waals surface area contributed by atoms with E-state index in [1.54, 1.807) is 12.3 Å². The first-order valence-corrected chi connectivity index (χ1v) is 5.72. The SMILES string of the molecule is CC(Cc1cn[nH]n1)c1cc(Cl)ccc1Cl. The zero-order chi connectivity index (χ0) is 11.5. The van der Waals surface area contributed by atoms with Gasteiger partial charge in [-0.3, -0.25) is 0 Å². The number of halogens is 2. The Morgan fingerprint density at radius 3 is 2.88 bits per heavy atom. The van der Waals surface area contributed by atoms with Gasteiger partial charge >= 0.3 is 0 Å². The molecule has 3 nitrogen and oxygen atoms in total. The van der Waals surface area contributed by atoms with Crippen LogP contribution in [0.25, 0.3) is 0 Å². The topological polar surface area (TPSA) is 41.6 Å². The zero-order valence-corrected chi connectivity index (χ0v) is 10.3. The average Bonchev–Trinajstić information content (AvgIpc) is 2.74. The van der Waals surface area contributed by atoms with Gasteiger partial charge in [-0.05, 0) is 36.1 Å². The van der Waals surface area contributed by atoms with Crippen LogP contribution >= 0.6 is 23.2 Å². The normalized spacial score (nSPS) is 12.7. The molecule has 0 saturated heterocycles. The maximum atomic E-state index is 6.13. The van der Waals surface area contributed by atoms with Crippen LogP contribution in [0.1, 0.15) is 24.1 Å². The van der Waals surface area contributed by atoms with E-state index in [1.807, 2.05) is 12.1 Å². The molecule has 0 spiro atoms. The molecular weight excluding hydrogens is 245 g/mol. The van der Waals surface area contributed by atoms with E-state index < -0.39 is 0 Å². The Morgan fingerprint density at radius 2 is 2.19 bits per heavy atom. The molecule has 0 bridgehead atoms. The van der Waals surface area contributed by atoms with E-state index in [0.717, 1.165) is 22.7 Å². The van der Waals surface area contributed by atoms with Crippen LogP contribution in [-0.4, -0.2) is 15.4 Å². The third kappa shape index (κ3) is 2.54. The molecule has 1 N–H and O–H groups in total. The zero-order valence-electron chi connectivity index (χ0n) is 8.74. The average molecular weight is 256 g/mol. The summed E-state index contributed by atoms with van der Waals surface area (Å²) in [5.41, 5.74) is 1.96. The Balaban J connectivity index is 2.20. The minimum Gasteiger partial charge on any atom is -0.198 e. The van der Waals surface area contributed by atoms with Gasteiger partial charge in [0.25, 0.3) is 0 Å². The monoisotopic (exact) mass is 255 g/mol. The third-order valence-corrected chi connectivity index (χ3v) is 3.05. The molecule has 0 aliphatic rings. The highest BCUT2D eigenvalue weighted by Crippen LogP contribution is 2.29. The van der Waals surface area contributed by atoms with Crippen LogP contribution in [0, 0.1) is 0 Å². The molecule has 2 aromatic rings. The molecule has 16 heavy (non-hydrogen) atoms. The highest BCUT2D eigenvalue weighted by atomic mass is 35.5. The first kappa shape index (κ1) is 11.4. The van der Waals surface area contributed by atoms with E-state index in [2.05, 4.69) is 22.3 Å². The van der Waals surface area contributed by atoms with Crippen molar-refractivity contribution in [1.82, 2.24) is 15.4 Å². The number of aromatic nitrogens is 3. The molecule has 1 aromatic heterocycles. The van der Waals surface area contributed by atoms with Crippen LogP contribution in [-0.2, 0) is 6.42 Å². The number of rotatable bonds is 3. The van der Waals surface area contributed by atoms with Gasteiger partial charge in [-0.25, -0.2) is 0 Å². The van der Waals surface area contributed by atoms with Crippen LogP contribution in [0.5, 0.6) is 0 Å². The maximum Gasteiger partial charge on any atom is 0.0830 e. The molecule has 0 aliphatic heterocycles. The lowest BCUT2D eigenvalue weighted by Crippen LogP contribution is -1.99. The quantitative estimate of drug-likeness (QED) is 0.913. The lowest BCUT2D eigenvalue weighted by Gasteiger charge is -2.12. The summed E-state index contributed by atoms with van der Waals surface area (Å²) in [5.74, 6) is 0.260. The molecule has 0 aliphatic carbocycles. The van der Waals surface area contributed by atoms with Crippen molar-refractivity contribution >= 4 is 23.2 Å². The van der Waals surface area contributed by atoms with Gasteiger partial charge in [0, 0.05) is 10.0 Å². The van der Waals surface area contributed by atoms with Gasteiger partial charge in [0.2, 0.25) is 0 Å². The van der Waals surface area contributed by atoms with E-state index in [9.17, 15) is 0 Å². The first-order chi connectivity index (χ1) is 7.66. The van der Waals surface area contributed by atoms with Gasteiger partial charge in [-0.15, -0.1) is 0 Å². The van der Waals surface area contributed by atoms with Crippen LogP contribution in [0.2, 0.25) is 10.0 Å². The summed E-state index contributed by atoms with van der Waals surface area (Å²) in [6.07, 6.45) is 2.51. The van der Waals surface area contributed by atoms with Gasteiger partial charge in [0.1, 0.15) is 0 Å². The summed E-state index contributed by atoms with van der Waals surface area (Å²) in [6.45, 7) is 2.09. The molecule has 5 heteroatoms. The molecule has 1 atom stereocenters. The molecule has 1 aromatic carbocycles. The summed E-state index contributed by atoms with van der Waals surface area (Å²) in [5, 5.41) is 11.8. The van der Waals surface area contributed by atoms with E-state index in [0.29, 0.717) is 5.02 Å². The summed E-state index contributed by atoms with van der Waals surface area (Å²) in [6, 6.07) is 5.50. The second-order valence-corrected chi connectivity index (χ2v) is 4.58. The van der Waals surface area contributed by atoms with Crippen LogP contribution in [0.15, 0.2) is 24.4 Å². The molecule has 0 radical (unpaired) electrons. The Kier molecular flexibility index (Phi) is 3.46. The largest absolute Gasteiger partial charge is 0.198 e.